The molecule has 1 aromatic heterocycles. The summed E-state index contributed by atoms with van der Waals surface area (Å²) in [5.74, 6) is 1.23. The molecule has 2 aliphatic rings. The lowest BCUT2D eigenvalue weighted by atomic mass is 9.61. The standard InChI is InChI=1S/C27H32N2O2/c1-3-4-5-13-25(30)29-15-14-27(19-9-8-10-21(16-19)31-2)18-20(29)17-24-26(27)22-11-6-7-12-23(22)28-24/h6-12,16,20,28H,3-5,13-15,17-18H2,1-2H3/t20-,27-/m1/s1. The zero-order valence-electron chi connectivity index (χ0n) is 18.6. The van der Waals surface area contributed by atoms with Crippen molar-refractivity contribution >= 4 is 16.8 Å². The summed E-state index contributed by atoms with van der Waals surface area (Å²) in [6.07, 6.45) is 6.79. The summed E-state index contributed by atoms with van der Waals surface area (Å²) in [7, 11) is 1.73. The van der Waals surface area contributed by atoms with Crippen molar-refractivity contribution < 1.29 is 9.53 Å². The monoisotopic (exact) mass is 416 g/mol. The highest BCUT2D eigenvalue weighted by molar-refractivity contribution is 5.87. The number of carbonyl (C=O) groups is 1. The lowest BCUT2D eigenvalue weighted by molar-refractivity contribution is -0.136. The number of hydrogen-bond donors (Lipinski definition) is 1. The van der Waals surface area contributed by atoms with Gasteiger partial charge in [0.25, 0.3) is 0 Å². The topological polar surface area (TPSA) is 45.3 Å². The Labute approximate surface area is 184 Å². The molecule has 2 atom stereocenters. The molecule has 31 heavy (non-hydrogen) atoms. The number of unbranched alkanes of at least 4 members (excludes halogenated alkanes) is 2. The number of piperidine rings is 1. The van der Waals surface area contributed by atoms with Crippen LogP contribution in [0.15, 0.2) is 48.5 Å². The van der Waals surface area contributed by atoms with Crippen molar-refractivity contribution in [3.05, 3.63) is 65.4 Å². The van der Waals surface area contributed by atoms with Crippen molar-refractivity contribution in [3.63, 3.8) is 0 Å². The molecule has 1 amide bonds. The van der Waals surface area contributed by atoms with E-state index in [4.69, 9.17) is 4.74 Å². The molecule has 5 rings (SSSR count). The predicted octanol–water partition coefficient (Wildman–Crippen LogP) is 5.59. The molecule has 1 N–H and O–H groups in total. The average molecular weight is 417 g/mol. The van der Waals surface area contributed by atoms with Gasteiger partial charge in [0.2, 0.25) is 5.91 Å². The Bertz CT molecular complexity index is 1100. The van der Waals surface area contributed by atoms with Crippen LogP contribution in [0, 0.1) is 0 Å². The van der Waals surface area contributed by atoms with E-state index in [2.05, 4.69) is 59.3 Å². The predicted molar refractivity (Wildman–Crippen MR) is 125 cm³/mol. The Morgan fingerprint density at radius 3 is 2.90 bits per heavy atom. The highest BCUT2D eigenvalue weighted by Crippen LogP contribution is 2.52. The van der Waals surface area contributed by atoms with Gasteiger partial charge < -0.3 is 14.6 Å². The van der Waals surface area contributed by atoms with Crippen LogP contribution in [0.3, 0.4) is 0 Å². The molecule has 4 nitrogen and oxygen atoms in total. The normalized spacial score (nSPS) is 22.4. The number of H-pyrrole nitrogens is 1. The molecule has 3 aromatic rings. The van der Waals surface area contributed by atoms with Crippen LogP contribution in [0.25, 0.3) is 10.9 Å². The Morgan fingerprint density at radius 2 is 2.06 bits per heavy atom. The summed E-state index contributed by atoms with van der Waals surface area (Å²) >= 11 is 0. The van der Waals surface area contributed by atoms with Crippen LogP contribution in [0.2, 0.25) is 0 Å². The zero-order valence-corrected chi connectivity index (χ0v) is 18.6. The summed E-state index contributed by atoms with van der Waals surface area (Å²) in [4.78, 5) is 19.0. The second-order valence-corrected chi connectivity index (χ2v) is 9.19. The van der Waals surface area contributed by atoms with Gasteiger partial charge in [-0.2, -0.15) is 0 Å². The number of likely N-dealkylation sites (tertiary alicyclic amines) is 1. The summed E-state index contributed by atoms with van der Waals surface area (Å²) in [6, 6.07) is 17.5. The number of carbonyl (C=O) groups excluding carboxylic acids is 1. The fourth-order valence-electron chi connectivity index (χ4n) is 5.98. The minimum Gasteiger partial charge on any atom is -0.497 e. The highest BCUT2D eigenvalue weighted by Gasteiger charge is 2.49. The number of rotatable bonds is 6. The second-order valence-electron chi connectivity index (χ2n) is 9.19. The molecule has 0 unspecified atom stereocenters. The number of para-hydroxylation sites is 1. The maximum atomic E-state index is 13.1. The number of methoxy groups -OCH3 is 1. The summed E-state index contributed by atoms with van der Waals surface area (Å²) in [6.45, 7) is 3.01. The number of fused-ring (bicyclic) bond motifs is 6. The fraction of sp³-hybridized carbons (Fsp3) is 0.444. The minimum atomic E-state index is -0.0907. The molecule has 4 heteroatoms. The van der Waals surface area contributed by atoms with Gasteiger partial charge in [-0.3, -0.25) is 4.79 Å². The number of aromatic amines is 1. The van der Waals surface area contributed by atoms with Gasteiger partial charge in [-0.1, -0.05) is 50.1 Å². The average Bonchev–Trinajstić information content (AvgIpc) is 3.18. The Balaban J connectivity index is 1.59. The Hall–Kier alpha value is -2.75. The smallest absolute Gasteiger partial charge is 0.222 e. The van der Waals surface area contributed by atoms with Crippen LogP contribution in [0.1, 0.15) is 62.3 Å². The third kappa shape index (κ3) is 3.33. The van der Waals surface area contributed by atoms with Gasteiger partial charge in [-0.05, 0) is 48.6 Å². The lowest BCUT2D eigenvalue weighted by Gasteiger charge is -2.51. The van der Waals surface area contributed by atoms with Crippen LogP contribution in [0.5, 0.6) is 5.75 Å². The minimum absolute atomic E-state index is 0.0907. The molecular weight excluding hydrogens is 384 g/mol. The number of aromatic nitrogens is 1. The first-order valence-corrected chi connectivity index (χ1v) is 11.7. The van der Waals surface area contributed by atoms with Gasteiger partial charge in [-0.25, -0.2) is 0 Å². The molecular formula is C27H32N2O2. The molecule has 1 fully saturated rings. The van der Waals surface area contributed by atoms with Crippen LogP contribution >= 0.6 is 0 Å². The highest BCUT2D eigenvalue weighted by atomic mass is 16.5. The quantitative estimate of drug-likeness (QED) is 0.533. The molecule has 0 spiro atoms. The van der Waals surface area contributed by atoms with Crippen molar-refractivity contribution in [2.24, 2.45) is 0 Å². The number of hydrogen-bond acceptors (Lipinski definition) is 2. The Kier molecular flexibility index (Phi) is 5.25. The third-order valence-electron chi connectivity index (χ3n) is 7.44. The van der Waals surface area contributed by atoms with Crippen LogP contribution in [-0.4, -0.2) is 35.5 Å². The summed E-state index contributed by atoms with van der Waals surface area (Å²) < 4.78 is 5.58. The largest absolute Gasteiger partial charge is 0.497 e. The first-order chi connectivity index (χ1) is 15.2. The fourth-order valence-corrected chi connectivity index (χ4v) is 5.98. The molecule has 1 aliphatic carbocycles. The van der Waals surface area contributed by atoms with E-state index >= 15 is 0 Å². The Morgan fingerprint density at radius 1 is 1.19 bits per heavy atom. The maximum Gasteiger partial charge on any atom is 0.222 e. The van der Waals surface area contributed by atoms with E-state index in [-0.39, 0.29) is 11.5 Å². The van der Waals surface area contributed by atoms with E-state index in [9.17, 15) is 4.79 Å². The summed E-state index contributed by atoms with van der Waals surface area (Å²) in [5, 5.41) is 1.32. The number of amides is 1. The molecule has 1 saturated heterocycles. The van der Waals surface area contributed by atoms with Crippen molar-refractivity contribution in [2.45, 2.75) is 63.3 Å². The van der Waals surface area contributed by atoms with Gasteiger partial charge in [-0.15, -0.1) is 0 Å². The maximum absolute atomic E-state index is 13.1. The number of nitrogens with one attached hydrogen (secondary N) is 1. The van der Waals surface area contributed by atoms with Crippen molar-refractivity contribution in [1.29, 1.82) is 0 Å². The van der Waals surface area contributed by atoms with E-state index in [0.717, 1.165) is 50.8 Å². The number of nitrogens with zero attached hydrogens (tertiary/aromatic N) is 1. The van der Waals surface area contributed by atoms with Gasteiger partial charge >= 0.3 is 0 Å². The number of ether oxygens (including phenoxy) is 1. The van der Waals surface area contributed by atoms with E-state index in [0.29, 0.717) is 12.3 Å². The molecule has 2 bridgehead atoms. The molecule has 2 heterocycles. The SMILES string of the molecule is CCCCCC(=O)N1CC[C@]2(c3cccc(OC)c3)C[C@H]1Cc1[nH]c3ccccc3c12. The van der Waals surface area contributed by atoms with Crippen LogP contribution < -0.4 is 4.74 Å². The van der Waals surface area contributed by atoms with Gasteiger partial charge in [0, 0.05) is 47.4 Å². The third-order valence-corrected chi connectivity index (χ3v) is 7.44. The second kappa shape index (κ2) is 8.07. The van der Waals surface area contributed by atoms with E-state index in [1.807, 2.05) is 6.07 Å². The molecule has 0 saturated carbocycles. The van der Waals surface area contributed by atoms with Gasteiger partial charge in [0.1, 0.15) is 5.75 Å². The van der Waals surface area contributed by atoms with Crippen molar-refractivity contribution in [3.8, 4) is 5.75 Å². The van der Waals surface area contributed by atoms with Gasteiger partial charge in [0.15, 0.2) is 0 Å². The van der Waals surface area contributed by atoms with Crippen LogP contribution in [-0.2, 0) is 16.6 Å². The zero-order chi connectivity index (χ0) is 21.4. The van der Waals surface area contributed by atoms with E-state index in [1.165, 1.54) is 27.7 Å². The van der Waals surface area contributed by atoms with E-state index < -0.39 is 0 Å². The summed E-state index contributed by atoms with van der Waals surface area (Å²) in [5.41, 5.74) is 5.15. The lowest BCUT2D eigenvalue weighted by Crippen LogP contribution is -2.55. The molecule has 2 aromatic carbocycles. The molecule has 162 valence electrons. The van der Waals surface area contributed by atoms with Crippen molar-refractivity contribution in [2.75, 3.05) is 13.7 Å². The van der Waals surface area contributed by atoms with Crippen molar-refractivity contribution in [1.82, 2.24) is 9.88 Å². The number of benzene rings is 2. The van der Waals surface area contributed by atoms with Crippen LogP contribution in [0.4, 0.5) is 0 Å². The molecule has 0 radical (unpaired) electrons. The van der Waals surface area contributed by atoms with Gasteiger partial charge in [0.05, 0.1) is 7.11 Å². The first-order valence-electron chi connectivity index (χ1n) is 11.7. The van der Waals surface area contributed by atoms with E-state index in [1.54, 1.807) is 7.11 Å². The first kappa shape index (κ1) is 20.2. The molecule has 1 aliphatic heterocycles.